The van der Waals surface area contributed by atoms with E-state index in [9.17, 15) is 4.79 Å². The predicted molar refractivity (Wildman–Crippen MR) is 138 cm³/mol. The predicted octanol–water partition coefficient (Wildman–Crippen LogP) is 5.93. The number of nitrogens with zero attached hydrogens (tertiary/aromatic N) is 3. The molecule has 35 heavy (non-hydrogen) atoms. The van der Waals surface area contributed by atoms with Gasteiger partial charge in [0.15, 0.2) is 0 Å². The second-order valence-corrected chi connectivity index (χ2v) is 10.3. The Kier molecular flexibility index (Phi) is 7.04. The summed E-state index contributed by atoms with van der Waals surface area (Å²) in [5.74, 6) is 1.43. The monoisotopic (exact) mass is 476 g/mol. The van der Waals surface area contributed by atoms with Crippen LogP contribution < -0.4 is 10.2 Å². The Balaban J connectivity index is 1.43. The van der Waals surface area contributed by atoms with Gasteiger partial charge >= 0.3 is 0 Å². The van der Waals surface area contributed by atoms with E-state index in [2.05, 4.69) is 53.6 Å². The molecular weight excluding hydrogens is 440 g/mol. The van der Waals surface area contributed by atoms with E-state index in [0.717, 1.165) is 73.4 Å². The van der Waals surface area contributed by atoms with Gasteiger partial charge in [-0.2, -0.15) is 0 Å². The maximum absolute atomic E-state index is 14.0. The van der Waals surface area contributed by atoms with Crippen molar-refractivity contribution in [3.05, 3.63) is 47.7 Å². The summed E-state index contributed by atoms with van der Waals surface area (Å²) in [6.07, 6.45) is 8.80. The molecule has 0 radical (unpaired) electrons. The van der Waals surface area contributed by atoms with Gasteiger partial charge in [0.1, 0.15) is 12.9 Å². The van der Waals surface area contributed by atoms with Gasteiger partial charge in [-0.15, -0.1) is 0 Å². The third kappa shape index (κ3) is 5.20. The van der Waals surface area contributed by atoms with Crippen LogP contribution in [-0.2, 0) is 20.9 Å². The fourth-order valence-corrected chi connectivity index (χ4v) is 5.77. The summed E-state index contributed by atoms with van der Waals surface area (Å²) in [6, 6.07) is 10.5. The molecule has 0 spiro atoms. The van der Waals surface area contributed by atoms with E-state index >= 15 is 0 Å². The number of nitrogens with one attached hydrogen (secondary N) is 1. The van der Waals surface area contributed by atoms with Gasteiger partial charge in [0.25, 0.3) is 0 Å². The number of hydrogen-bond donors (Lipinski definition) is 1. The average molecular weight is 477 g/mol. The molecular formula is C28H36N4O3. The molecule has 2 aliphatic carbocycles. The van der Waals surface area contributed by atoms with Gasteiger partial charge in [0.05, 0.1) is 35.8 Å². The van der Waals surface area contributed by atoms with Crippen molar-refractivity contribution in [3.63, 3.8) is 0 Å². The zero-order valence-corrected chi connectivity index (χ0v) is 21.0. The first-order valence-electron chi connectivity index (χ1n) is 12.9. The Hall–Kier alpha value is -2.93. The smallest absolute Gasteiger partial charge is 0.230 e. The highest BCUT2D eigenvalue weighted by molar-refractivity contribution is 6.00. The summed E-state index contributed by atoms with van der Waals surface area (Å²) in [4.78, 5) is 25.5. The minimum atomic E-state index is 0.0173. The van der Waals surface area contributed by atoms with Crippen molar-refractivity contribution < 1.29 is 14.4 Å². The van der Waals surface area contributed by atoms with Crippen molar-refractivity contribution in [2.45, 2.75) is 83.5 Å². The zero-order chi connectivity index (χ0) is 24.4. The van der Waals surface area contributed by atoms with Crippen LogP contribution in [0.1, 0.15) is 75.8 Å². The summed E-state index contributed by atoms with van der Waals surface area (Å²) in [5, 5.41) is 7.68. The Bertz CT molecular complexity index is 1090. The van der Waals surface area contributed by atoms with Crippen molar-refractivity contribution in [1.82, 2.24) is 4.98 Å². The van der Waals surface area contributed by atoms with E-state index in [1.54, 1.807) is 13.3 Å². The second kappa shape index (κ2) is 10.4. The molecule has 1 unspecified atom stereocenters. The van der Waals surface area contributed by atoms with Crippen LogP contribution in [0.5, 0.6) is 0 Å². The maximum atomic E-state index is 14.0. The Morgan fingerprint density at radius 1 is 1.17 bits per heavy atom. The molecule has 1 amide bonds. The summed E-state index contributed by atoms with van der Waals surface area (Å²) in [6.45, 7) is 4.68. The first-order valence-corrected chi connectivity index (χ1v) is 12.9. The van der Waals surface area contributed by atoms with Crippen LogP contribution in [0.3, 0.4) is 0 Å². The first-order chi connectivity index (χ1) is 17.0. The number of ether oxygens (including phenoxy) is 1. The summed E-state index contributed by atoms with van der Waals surface area (Å²) in [5.41, 5.74) is 5.27. The number of hydrogen-bond acceptors (Lipinski definition) is 6. The van der Waals surface area contributed by atoms with Crippen LogP contribution in [0.15, 0.2) is 41.7 Å². The quantitative estimate of drug-likeness (QED) is 0.542. The van der Waals surface area contributed by atoms with E-state index in [4.69, 9.17) is 9.57 Å². The van der Waals surface area contributed by atoms with Crippen LogP contribution in [0.2, 0.25) is 0 Å². The van der Waals surface area contributed by atoms with Crippen molar-refractivity contribution in [1.29, 1.82) is 0 Å². The van der Waals surface area contributed by atoms with E-state index in [-0.39, 0.29) is 24.0 Å². The normalized spacial score (nSPS) is 25.1. The maximum Gasteiger partial charge on any atom is 0.230 e. The molecule has 3 aliphatic rings. The van der Waals surface area contributed by atoms with E-state index in [0.29, 0.717) is 12.5 Å². The molecule has 2 aromatic rings. The van der Waals surface area contributed by atoms with Crippen molar-refractivity contribution in [2.24, 2.45) is 11.1 Å². The lowest BCUT2D eigenvalue weighted by atomic mass is 9.86. The SMILES string of the molecule is CO/N=C1/CCC(c2ccc3c(c2)N(C(=O)C2CCC(OC(C)C)CC2)Cc2cccnc2N3)C1. The lowest BCUT2D eigenvalue weighted by Gasteiger charge is -2.33. The molecule has 1 aliphatic heterocycles. The molecule has 7 nitrogen and oxygen atoms in total. The van der Waals surface area contributed by atoms with Gasteiger partial charge in [0.2, 0.25) is 5.91 Å². The van der Waals surface area contributed by atoms with Gasteiger partial charge in [-0.05, 0) is 88.5 Å². The second-order valence-electron chi connectivity index (χ2n) is 10.3. The first kappa shape index (κ1) is 23.8. The summed E-state index contributed by atoms with van der Waals surface area (Å²) >= 11 is 0. The summed E-state index contributed by atoms with van der Waals surface area (Å²) in [7, 11) is 1.60. The molecule has 1 atom stereocenters. The highest BCUT2D eigenvalue weighted by Crippen LogP contribution is 2.41. The molecule has 186 valence electrons. The minimum Gasteiger partial charge on any atom is -0.399 e. The molecule has 2 heterocycles. The highest BCUT2D eigenvalue weighted by Gasteiger charge is 2.34. The fraction of sp³-hybridized carbons (Fsp3) is 0.536. The van der Waals surface area contributed by atoms with Gasteiger partial charge in [-0.1, -0.05) is 17.3 Å². The fourth-order valence-electron chi connectivity index (χ4n) is 5.77. The Morgan fingerprint density at radius 3 is 2.77 bits per heavy atom. The van der Waals surface area contributed by atoms with Gasteiger partial charge in [-0.25, -0.2) is 4.98 Å². The van der Waals surface area contributed by atoms with Crippen LogP contribution in [-0.4, -0.2) is 35.9 Å². The molecule has 7 heteroatoms. The lowest BCUT2D eigenvalue weighted by Crippen LogP contribution is -2.38. The third-order valence-corrected chi connectivity index (χ3v) is 7.49. The Morgan fingerprint density at radius 2 is 2.00 bits per heavy atom. The topological polar surface area (TPSA) is 76.0 Å². The zero-order valence-electron chi connectivity index (χ0n) is 21.0. The number of anilines is 3. The van der Waals surface area contributed by atoms with Gasteiger partial charge in [-0.3, -0.25) is 4.79 Å². The number of carbonyl (C=O) groups is 1. The molecule has 1 aromatic heterocycles. The number of pyridine rings is 1. The Labute approximate surface area is 207 Å². The number of aromatic nitrogens is 1. The highest BCUT2D eigenvalue weighted by atomic mass is 16.6. The summed E-state index contributed by atoms with van der Waals surface area (Å²) < 4.78 is 6.02. The standard InChI is InChI=1S/C28H36N4O3/c1-18(2)35-24-11-7-19(8-12-24)28(33)32-17-22-5-4-14-29-27(22)30-25-13-9-21(16-26(25)32)20-6-10-23(15-20)31-34-3/h4-5,9,13-14,16,18-20,24H,6-8,10-12,15,17H2,1-3H3,(H,29,30)/b31-23-. The number of oxime groups is 1. The van der Waals surface area contributed by atoms with Gasteiger partial charge in [0, 0.05) is 17.7 Å². The van der Waals surface area contributed by atoms with Crippen molar-refractivity contribution >= 4 is 28.8 Å². The van der Waals surface area contributed by atoms with Crippen molar-refractivity contribution in [2.75, 3.05) is 17.3 Å². The lowest BCUT2D eigenvalue weighted by molar-refractivity contribution is -0.124. The van der Waals surface area contributed by atoms with Crippen LogP contribution >= 0.6 is 0 Å². The van der Waals surface area contributed by atoms with Crippen LogP contribution in [0.25, 0.3) is 0 Å². The molecule has 2 saturated carbocycles. The number of benzene rings is 1. The third-order valence-electron chi connectivity index (χ3n) is 7.49. The molecule has 1 N–H and O–H groups in total. The van der Waals surface area contributed by atoms with E-state index < -0.39 is 0 Å². The number of rotatable bonds is 5. The number of amides is 1. The molecule has 2 fully saturated rings. The minimum absolute atomic E-state index is 0.0173. The molecule has 5 rings (SSSR count). The van der Waals surface area contributed by atoms with E-state index in [1.807, 2.05) is 11.0 Å². The number of carbonyl (C=O) groups excluding carboxylic acids is 1. The number of fused-ring (bicyclic) bond motifs is 2. The average Bonchev–Trinajstić information content (AvgIpc) is 3.25. The van der Waals surface area contributed by atoms with Crippen LogP contribution in [0.4, 0.5) is 17.2 Å². The largest absolute Gasteiger partial charge is 0.399 e. The van der Waals surface area contributed by atoms with Gasteiger partial charge < -0.3 is 19.8 Å². The molecule has 0 saturated heterocycles. The van der Waals surface area contributed by atoms with Crippen LogP contribution in [0, 0.1) is 5.92 Å². The molecule has 1 aromatic carbocycles. The molecule has 0 bridgehead atoms. The van der Waals surface area contributed by atoms with Crippen molar-refractivity contribution in [3.8, 4) is 0 Å². The van der Waals surface area contributed by atoms with E-state index in [1.165, 1.54) is 5.56 Å².